The molecule has 0 aliphatic heterocycles. The quantitative estimate of drug-likeness (QED) is 0.894. The summed E-state index contributed by atoms with van der Waals surface area (Å²) in [4.78, 5) is 11.9. The van der Waals surface area contributed by atoms with E-state index in [0.29, 0.717) is 17.0 Å². The van der Waals surface area contributed by atoms with Crippen LogP contribution in [0.25, 0.3) is 0 Å². The summed E-state index contributed by atoms with van der Waals surface area (Å²) in [6.45, 7) is 0. The minimum absolute atomic E-state index is 0.275. The summed E-state index contributed by atoms with van der Waals surface area (Å²) in [6.07, 6.45) is 0.472. The van der Waals surface area contributed by atoms with Gasteiger partial charge in [-0.1, -0.05) is 30.3 Å². The first-order valence-electron chi connectivity index (χ1n) is 5.78. The lowest BCUT2D eigenvalue weighted by atomic mass is 10.1. The third-order valence-electron chi connectivity index (χ3n) is 2.66. The van der Waals surface area contributed by atoms with Crippen molar-refractivity contribution in [2.24, 2.45) is 5.73 Å². The molecule has 96 valence electrons. The molecule has 2 rings (SSSR count). The number of nitrogens with two attached hydrogens (primary N) is 1. The lowest BCUT2D eigenvalue weighted by molar-refractivity contribution is -0.117. The van der Waals surface area contributed by atoms with E-state index in [1.807, 2.05) is 36.4 Å². The summed E-state index contributed by atoms with van der Waals surface area (Å²) in [6, 6.07) is 12.7. The maximum Gasteiger partial charge on any atom is 0.242 e. The lowest BCUT2D eigenvalue weighted by Gasteiger charge is -2.11. The van der Waals surface area contributed by atoms with Crippen LogP contribution < -0.4 is 11.1 Å². The number of carbonyl (C=O) groups is 1. The fourth-order valence-corrected chi connectivity index (χ4v) is 2.40. The fraction of sp³-hybridized carbons (Fsp3) is 0.143. The highest BCUT2D eigenvalue weighted by molar-refractivity contribution is 7.14. The molecule has 0 radical (unpaired) electrons. The number of amides is 1. The third-order valence-corrected chi connectivity index (χ3v) is 3.49. The molecule has 1 aromatic carbocycles. The molecule has 0 aliphatic carbocycles. The molecular formula is C14H13N3OS. The number of benzene rings is 1. The molecule has 0 saturated heterocycles. The van der Waals surface area contributed by atoms with Gasteiger partial charge in [0.1, 0.15) is 11.1 Å². The molecule has 0 bridgehead atoms. The minimum Gasteiger partial charge on any atom is -0.320 e. The zero-order chi connectivity index (χ0) is 13.7. The number of anilines is 1. The summed E-state index contributed by atoms with van der Waals surface area (Å²) < 4.78 is 0. The molecule has 0 saturated carbocycles. The van der Waals surface area contributed by atoms with Gasteiger partial charge in [-0.25, -0.2) is 0 Å². The number of nitrogens with one attached hydrogen (secondary N) is 1. The number of hydrogen-bond acceptors (Lipinski definition) is 4. The van der Waals surface area contributed by atoms with Crippen LogP contribution in [0.15, 0.2) is 41.8 Å². The highest BCUT2D eigenvalue weighted by Gasteiger charge is 2.16. The normalized spacial score (nSPS) is 11.6. The van der Waals surface area contributed by atoms with Gasteiger partial charge in [0.15, 0.2) is 0 Å². The molecule has 0 spiro atoms. The van der Waals surface area contributed by atoms with Crippen LogP contribution in [0.3, 0.4) is 0 Å². The van der Waals surface area contributed by atoms with Gasteiger partial charge in [-0.15, -0.1) is 11.3 Å². The van der Waals surface area contributed by atoms with E-state index >= 15 is 0 Å². The van der Waals surface area contributed by atoms with E-state index < -0.39 is 6.04 Å². The Labute approximate surface area is 115 Å². The van der Waals surface area contributed by atoms with E-state index in [-0.39, 0.29) is 5.91 Å². The van der Waals surface area contributed by atoms with Crippen molar-refractivity contribution in [3.05, 3.63) is 52.9 Å². The van der Waals surface area contributed by atoms with Gasteiger partial charge in [-0.2, -0.15) is 5.26 Å². The van der Waals surface area contributed by atoms with Crippen LogP contribution >= 0.6 is 11.3 Å². The smallest absolute Gasteiger partial charge is 0.242 e. The Bertz CT molecular complexity index is 601. The van der Waals surface area contributed by atoms with Crippen molar-refractivity contribution >= 4 is 22.2 Å². The summed E-state index contributed by atoms with van der Waals surface area (Å²) >= 11 is 1.32. The van der Waals surface area contributed by atoms with Gasteiger partial charge in [0.2, 0.25) is 5.91 Å². The van der Waals surface area contributed by atoms with Crippen LogP contribution in [0.2, 0.25) is 0 Å². The number of thiophene rings is 1. The molecule has 0 fully saturated rings. The number of hydrogen-bond donors (Lipinski definition) is 2. The Hall–Kier alpha value is -2.16. The van der Waals surface area contributed by atoms with Crippen LogP contribution in [-0.4, -0.2) is 11.9 Å². The van der Waals surface area contributed by atoms with Gasteiger partial charge >= 0.3 is 0 Å². The van der Waals surface area contributed by atoms with Crippen molar-refractivity contribution < 1.29 is 4.79 Å². The molecular weight excluding hydrogens is 258 g/mol. The molecule has 1 heterocycles. The van der Waals surface area contributed by atoms with Gasteiger partial charge in [0.05, 0.1) is 11.6 Å². The Morgan fingerprint density at radius 2 is 2.11 bits per heavy atom. The largest absolute Gasteiger partial charge is 0.320 e. The monoisotopic (exact) mass is 271 g/mol. The minimum atomic E-state index is -0.629. The molecule has 3 N–H and O–H groups in total. The number of rotatable bonds is 4. The van der Waals surface area contributed by atoms with Gasteiger partial charge < -0.3 is 11.1 Å². The third kappa shape index (κ3) is 3.41. The van der Waals surface area contributed by atoms with Crippen LogP contribution in [0.1, 0.15) is 11.1 Å². The van der Waals surface area contributed by atoms with Crippen molar-refractivity contribution in [2.75, 3.05) is 5.32 Å². The SMILES string of the molecule is N#Cc1ccsc1NC(=O)[C@H](N)Cc1ccccc1. The Balaban J connectivity index is 1.99. The van der Waals surface area contributed by atoms with E-state index in [9.17, 15) is 4.79 Å². The molecule has 2 aromatic rings. The molecule has 4 nitrogen and oxygen atoms in total. The zero-order valence-corrected chi connectivity index (χ0v) is 11.0. The lowest BCUT2D eigenvalue weighted by Crippen LogP contribution is -2.37. The predicted octanol–water partition coefficient (Wildman–Crippen LogP) is 2.13. The van der Waals surface area contributed by atoms with E-state index in [1.165, 1.54) is 11.3 Å². The van der Waals surface area contributed by atoms with E-state index in [4.69, 9.17) is 11.0 Å². The summed E-state index contributed by atoms with van der Waals surface area (Å²) in [5, 5.41) is 13.9. The van der Waals surface area contributed by atoms with E-state index in [2.05, 4.69) is 5.32 Å². The second-order valence-corrected chi connectivity index (χ2v) is 4.98. The molecule has 0 aliphatic rings. The number of nitrogens with zero attached hydrogens (tertiary/aromatic N) is 1. The molecule has 1 amide bonds. The number of nitriles is 1. The van der Waals surface area contributed by atoms with Crippen LogP contribution in [0, 0.1) is 11.3 Å². The van der Waals surface area contributed by atoms with E-state index in [0.717, 1.165) is 5.56 Å². The van der Waals surface area contributed by atoms with E-state index in [1.54, 1.807) is 11.4 Å². The summed E-state index contributed by atoms with van der Waals surface area (Å²) in [7, 11) is 0. The zero-order valence-electron chi connectivity index (χ0n) is 10.2. The first-order valence-corrected chi connectivity index (χ1v) is 6.66. The van der Waals surface area contributed by atoms with Gasteiger partial charge in [-0.05, 0) is 23.4 Å². The van der Waals surface area contributed by atoms with Gasteiger partial charge in [0, 0.05) is 0 Å². The van der Waals surface area contributed by atoms with Crippen LogP contribution in [0.5, 0.6) is 0 Å². The maximum atomic E-state index is 11.9. The Kier molecular flexibility index (Phi) is 4.29. The highest BCUT2D eigenvalue weighted by Crippen LogP contribution is 2.22. The highest BCUT2D eigenvalue weighted by atomic mass is 32.1. The fourth-order valence-electron chi connectivity index (χ4n) is 1.66. The number of carbonyl (C=O) groups excluding carboxylic acids is 1. The van der Waals surface area contributed by atoms with Crippen molar-refractivity contribution in [3.63, 3.8) is 0 Å². The first-order chi connectivity index (χ1) is 9.20. The molecule has 19 heavy (non-hydrogen) atoms. The summed E-state index contributed by atoms with van der Waals surface area (Å²) in [5.74, 6) is -0.275. The van der Waals surface area contributed by atoms with Crippen molar-refractivity contribution in [1.29, 1.82) is 5.26 Å². The maximum absolute atomic E-state index is 11.9. The average molecular weight is 271 g/mol. The topological polar surface area (TPSA) is 78.9 Å². The second-order valence-electron chi connectivity index (χ2n) is 4.06. The van der Waals surface area contributed by atoms with Gasteiger partial charge in [0.25, 0.3) is 0 Å². The molecule has 1 aromatic heterocycles. The first kappa shape index (κ1) is 13.3. The second kappa shape index (κ2) is 6.14. The van der Waals surface area contributed by atoms with Crippen molar-refractivity contribution in [1.82, 2.24) is 0 Å². The van der Waals surface area contributed by atoms with Crippen molar-refractivity contribution in [2.45, 2.75) is 12.5 Å². The molecule has 1 atom stereocenters. The molecule has 0 unspecified atom stereocenters. The summed E-state index contributed by atoms with van der Waals surface area (Å²) in [5.41, 5.74) is 7.34. The van der Waals surface area contributed by atoms with Crippen LogP contribution in [-0.2, 0) is 11.2 Å². The molecule has 5 heteroatoms. The average Bonchev–Trinajstić information content (AvgIpc) is 2.87. The Morgan fingerprint density at radius 1 is 1.37 bits per heavy atom. The van der Waals surface area contributed by atoms with Gasteiger partial charge in [-0.3, -0.25) is 4.79 Å². The predicted molar refractivity (Wildman–Crippen MR) is 75.8 cm³/mol. The standard InChI is InChI=1S/C14H13N3OS/c15-9-11-6-7-19-14(11)17-13(18)12(16)8-10-4-2-1-3-5-10/h1-7,12H,8,16H2,(H,17,18)/t12-/m1/s1. The van der Waals surface area contributed by atoms with Crippen molar-refractivity contribution in [3.8, 4) is 6.07 Å². The van der Waals surface area contributed by atoms with Crippen LogP contribution in [0.4, 0.5) is 5.00 Å². The Morgan fingerprint density at radius 3 is 2.79 bits per heavy atom.